The highest BCUT2D eigenvalue weighted by molar-refractivity contribution is 7.98. The number of hydrogen-bond acceptors (Lipinski definition) is 5. The summed E-state index contributed by atoms with van der Waals surface area (Å²) in [6.45, 7) is 0. The molecule has 114 valence electrons. The van der Waals surface area contributed by atoms with Gasteiger partial charge in [0.05, 0.1) is 11.7 Å². The number of benzene rings is 2. The molecule has 2 heterocycles. The first-order chi connectivity index (χ1) is 11.3. The molecule has 0 fully saturated rings. The summed E-state index contributed by atoms with van der Waals surface area (Å²) in [6, 6.07) is 18.9. The van der Waals surface area contributed by atoms with Crippen LogP contribution in [0.15, 0.2) is 59.8 Å². The van der Waals surface area contributed by atoms with Gasteiger partial charge in [-0.2, -0.15) is 0 Å². The highest BCUT2D eigenvalue weighted by Crippen LogP contribution is 2.36. The topological polar surface area (TPSA) is 50.7 Å². The molecule has 3 aromatic rings. The summed E-state index contributed by atoms with van der Waals surface area (Å²) in [5.74, 6) is 0. The van der Waals surface area contributed by atoms with Gasteiger partial charge in [-0.05, 0) is 17.9 Å². The fraction of sp³-hybridized carbons (Fsp3) is 0.167. The van der Waals surface area contributed by atoms with Crippen molar-refractivity contribution in [1.82, 2.24) is 15.2 Å². The molecular formula is C18H16N4S. The molecule has 23 heavy (non-hydrogen) atoms. The molecule has 1 aromatic heterocycles. The molecule has 4 nitrogen and oxygen atoms in total. The highest BCUT2D eigenvalue weighted by atomic mass is 32.2. The largest absolute Gasteiger partial charge is 0.377 e. The molecule has 0 saturated heterocycles. The predicted molar refractivity (Wildman–Crippen MR) is 93.6 cm³/mol. The van der Waals surface area contributed by atoms with Crippen molar-refractivity contribution in [2.24, 2.45) is 0 Å². The van der Waals surface area contributed by atoms with E-state index in [0.717, 1.165) is 34.2 Å². The molecule has 0 saturated carbocycles. The Morgan fingerprint density at radius 2 is 1.78 bits per heavy atom. The summed E-state index contributed by atoms with van der Waals surface area (Å²) >= 11 is 1.52. The monoisotopic (exact) mass is 320 g/mol. The Hall–Kier alpha value is -2.40. The molecule has 0 aliphatic carbocycles. The van der Waals surface area contributed by atoms with E-state index in [1.54, 1.807) is 0 Å². The number of rotatable bonds is 2. The minimum Gasteiger partial charge on any atom is -0.377 e. The maximum Gasteiger partial charge on any atom is 0.209 e. The van der Waals surface area contributed by atoms with Crippen LogP contribution in [0.1, 0.15) is 17.3 Å². The maximum atomic E-state index is 4.72. The SMILES string of the molecule is CSc1nnc2c(n1)C[C@H](c1ccccc1)Nc1ccccc1-2. The zero-order valence-electron chi connectivity index (χ0n) is 12.7. The van der Waals surface area contributed by atoms with E-state index in [0.29, 0.717) is 0 Å². The lowest BCUT2D eigenvalue weighted by molar-refractivity contribution is 0.725. The van der Waals surface area contributed by atoms with Gasteiger partial charge in [0.2, 0.25) is 5.16 Å². The molecule has 0 radical (unpaired) electrons. The second-order valence-corrected chi connectivity index (χ2v) is 6.22. The number of fused-ring (bicyclic) bond motifs is 3. The van der Waals surface area contributed by atoms with Crippen LogP contribution >= 0.6 is 11.8 Å². The summed E-state index contributed by atoms with van der Waals surface area (Å²) in [7, 11) is 0. The Morgan fingerprint density at radius 3 is 2.61 bits per heavy atom. The molecule has 4 rings (SSSR count). The third-order valence-corrected chi connectivity index (χ3v) is 4.57. The molecule has 1 N–H and O–H groups in total. The molecule has 0 spiro atoms. The Labute approximate surface area is 139 Å². The zero-order valence-corrected chi connectivity index (χ0v) is 13.5. The van der Waals surface area contributed by atoms with Gasteiger partial charge in [-0.15, -0.1) is 10.2 Å². The Kier molecular flexibility index (Phi) is 3.71. The van der Waals surface area contributed by atoms with Gasteiger partial charge in [0.1, 0.15) is 5.69 Å². The van der Waals surface area contributed by atoms with Gasteiger partial charge in [0.15, 0.2) is 0 Å². The van der Waals surface area contributed by atoms with Crippen molar-refractivity contribution >= 4 is 17.4 Å². The van der Waals surface area contributed by atoms with Crippen molar-refractivity contribution < 1.29 is 0 Å². The number of nitrogens with zero attached hydrogens (tertiary/aromatic N) is 3. The van der Waals surface area contributed by atoms with E-state index in [9.17, 15) is 0 Å². The Balaban J connectivity index is 1.87. The minimum absolute atomic E-state index is 0.171. The molecule has 0 bridgehead atoms. The second-order valence-electron chi connectivity index (χ2n) is 5.45. The highest BCUT2D eigenvalue weighted by Gasteiger charge is 2.24. The van der Waals surface area contributed by atoms with E-state index < -0.39 is 0 Å². The quantitative estimate of drug-likeness (QED) is 0.724. The Bertz CT molecular complexity index is 835. The lowest BCUT2D eigenvalue weighted by Crippen LogP contribution is -2.13. The van der Waals surface area contributed by atoms with Crippen molar-refractivity contribution in [3.05, 3.63) is 65.9 Å². The average molecular weight is 320 g/mol. The zero-order chi connectivity index (χ0) is 15.6. The van der Waals surface area contributed by atoms with E-state index >= 15 is 0 Å². The van der Waals surface area contributed by atoms with Crippen LogP contribution < -0.4 is 5.32 Å². The molecule has 0 unspecified atom stereocenters. The van der Waals surface area contributed by atoms with Crippen LogP contribution in [0.5, 0.6) is 0 Å². The molecule has 2 aromatic carbocycles. The fourth-order valence-corrected chi connectivity index (χ4v) is 3.24. The molecule has 1 aliphatic rings. The lowest BCUT2D eigenvalue weighted by atomic mass is 10.0. The summed E-state index contributed by atoms with van der Waals surface area (Å²) in [5.41, 5.74) is 5.26. The van der Waals surface area contributed by atoms with Crippen molar-refractivity contribution in [2.75, 3.05) is 11.6 Å². The van der Waals surface area contributed by atoms with Crippen LogP contribution in [0, 0.1) is 0 Å². The van der Waals surface area contributed by atoms with Crippen LogP contribution in [-0.4, -0.2) is 21.4 Å². The number of nitrogens with one attached hydrogen (secondary N) is 1. The van der Waals surface area contributed by atoms with Crippen LogP contribution in [-0.2, 0) is 6.42 Å². The van der Waals surface area contributed by atoms with E-state index in [-0.39, 0.29) is 6.04 Å². The Morgan fingerprint density at radius 1 is 1.00 bits per heavy atom. The normalized spacial score (nSPS) is 16.0. The van der Waals surface area contributed by atoms with E-state index in [1.807, 2.05) is 24.5 Å². The summed E-state index contributed by atoms with van der Waals surface area (Å²) in [4.78, 5) is 4.72. The van der Waals surface area contributed by atoms with Crippen molar-refractivity contribution in [1.29, 1.82) is 0 Å². The van der Waals surface area contributed by atoms with Crippen LogP contribution in [0.4, 0.5) is 5.69 Å². The third kappa shape index (κ3) is 2.68. The molecule has 5 heteroatoms. The van der Waals surface area contributed by atoms with Gasteiger partial charge in [0, 0.05) is 17.7 Å². The van der Waals surface area contributed by atoms with Crippen molar-refractivity contribution in [2.45, 2.75) is 17.6 Å². The van der Waals surface area contributed by atoms with Crippen LogP contribution in [0.3, 0.4) is 0 Å². The average Bonchev–Trinajstić information content (AvgIpc) is 2.78. The van der Waals surface area contributed by atoms with Crippen molar-refractivity contribution in [3.63, 3.8) is 0 Å². The fourth-order valence-electron chi connectivity index (χ4n) is 2.91. The van der Waals surface area contributed by atoms with Gasteiger partial charge in [0.25, 0.3) is 0 Å². The summed E-state index contributed by atoms with van der Waals surface area (Å²) < 4.78 is 0. The van der Waals surface area contributed by atoms with E-state index in [4.69, 9.17) is 4.98 Å². The number of anilines is 1. The second kappa shape index (κ2) is 6.01. The lowest BCUT2D eigenvalue weighted by Gasteiger charge is -2.18. The van der Waals surface area contributed by atoms with Crippen LogP contribution in [0.25, 0.3) is 11.3 Å². The maximum absolute atomic E-state index is 4.72. The third-order valence-electron chi connectivity index (χ3n) is 4.03. The van der Waals surface area contributed by atoms with E-state index in [2.05, 4.69) is 51.9 Å². The number of hydrogen-bond donors (Lipinski definition) is 1. The molecule has 1 atom stereocenters. The number of para-hydroxylation sites is 1. The first kappa shape index (κ1) is 14.2. The molecule has 0 amide bonds. The first-order valence-electron chi connectivity index (χ1n) is 7.53. The van der Waals surface area contributed by atoms with Gasteiger partial charge < -0.3 is 5.32 Å². The summed E-state index contributed by atoms with van der Waals surface area (Å²) in [6.07, 6.45) is 2.76. The van der Waals surface area contributed by atoms with Gasteiger partial charge >= 0.3 is 0 Å². The molecular weight excluding hydrogens is 304 g/mol. The predicted octanol–water partition coefficient (Wildman–Crippen LogP) is 3.97. The van der Waals surface area contributed by atoms with Gasteiger partial charge in [-0.3, -0.25) is 0 Å². The smallest absolute Gasteiger partial charge is 0.209 e. The standard InChI is InChI=1S/C18H16N4S/c1-23-18-20-16-11-15(12-7-3-2-4-8-12)19-14-10-6-5-9-13(14)17(16)21-22-18/h2-10,15,19H,11H2,1H3/t15-/m1/s1. The van der Waals surface area contributed by atoms with Gasteiger partial charge in [-0.25, -0.2) is 4.98 Å². The number of aromatic nitrogens is 3. The summed E-state index contributed by atoms with van der Waals surface area (Å²) in [5, 5.41) is 13.0. The van der Waals surface area contributed by atoms with Crippen molar-refractivity contribution in [3.8, 4) is 11.3 Å². The number of thioether (sulfide) groups is 1. The van der Waals surface area contributed by atoms with E-state index in [1.165, 1.54) is 17.3 Å². The minimum atomic E-state index is 0.171. The molecule has 1 aliphatic heterocycles. The first-order valence-corrected chi connectivity index (χ1v) is 8.76. The van der Waals surface area contributed by atoms with Crippen LogP contribution in [0.2, 0.25) is 0 Å². The van der Waals surface area contributed by atoms with Gasteiger partial charge in [-0.1, -0.05) is 60.3 Å².